The van der Waals surface area contributed by atoms with Crippen LogP contribution < -0.4 is 0 Å². The van der Waals surface area contributed by atoms with Crippen molar-refractivity contribution in [3.05, 3.63) is 77.9 Å². The van der Waals surface area contributed by atoms with E-state index >= 15 is 0 Å². The highest BCUT2D eigenvalue weighted by Crippen LogP contribution is 2.53. The summed E-state index contributed by atoms with van der Waals surface area (Å²) in [5.74, 6) is -2.43. The largest absolute Gasteiger partial charge is 0.331 e. The van der Waals surface area contributed by atoms with Crippen LogP contribution in [0.2, 0.25) is 0 Å². The molecule has 7 nitrogen and oxygen atoms in total. The number of piperazine rings is 1. The van der Waals surface area contributed by atoms with E-state index in [2.05, 4.69) is 0 Å². The van der Waals surface area contributed by atoms with Crippen molar-refractivity contribution in [1.82, 2.24) is 14.7 Å². The first-order valence-corrected chi connectivity index (χ1v) is 12.6. The Morgan fingerprint density at radius 1 is 0.917 bits per heavy atom. The van der Waals surface area contributed by atoms with Crippen molar-refractivity contribution in [3.63, 3.8) is 0 Å². The minimum absolute atomic E-state index is 0.0147. The van der Waals surface area contributed by atoms with Crippen LogP contribution in [-0.2, 0) is 25.6 Å². The SMILES string of the molecule is CN1C(=O)[C@H]2[C@@H](/C=C/c3ccccc3)N3C(=O)CN(CC4CC4)C(=O)[C@@]3(Cc3ccccc3)[C@H]2C1=O. The third-order valence-corrected chi connectivity index (χ3v) is 8.21. The Bertz CT molecular complexity index is 1260. The van der Waals surface area contributed by atoms with Gasteiger partial charge in [0.15, 0.2) is 0 Å². The van der Waals surface area contributed by atoms with Crippen molar-refractivity contribution in [2.45, 2.75) is 30.8 Å². The Kier molecular flexibility index (Phi) is 5.32. The molecule has 4 aliphatic rings. The number of likely N-dealkylation sites (tertiary alicyclic amines) is 1. The van der Waals surface area contributed by atoms with Gasteiger partial charge in [0.1, 0.15) is 5.54 Å². The fourth-order valence-electron chi connectivity index (χ4n) is 6.38. The van der Waals surface area contributed by atoms with Gasteiger partial charge < -0.3 is 9.80 Å². The molecule has 0 bridgehead atoms. The lowest BCUT2D eigenvalue weighted by Gasteiger charge is -2.49. The van der Waals surface area contributed by atoms with Crippen LogP contribution in [-0.4, -0.2) is 70.0 Å². The number of amides is 4. The maximum absolute atomic E-state index is 14.4. The van der Waals surface area contributed by atoms with E-state index in [1.165, 1.54) is 7.05 Å². The van der Waals surface area contributed by atoms with E-state index in [-0.39, 0.29) is 36.6 Å². The minimum Gasteiger partial charge on any atom is -0.331 e. The molecule has 7 heteroatoms. The fourth-order valence-corrected chi connectivity index (χ4v) is 6.38. The van der Waals surface area contributed by atoms with Gasteiger partial charge in [-0.15, -0.1) is 0 Å². The first kappa shape index (κ1) is 22.7. The first-order valence-electron chi connectivity index (χ1n) is 12.6. The molecule has 2 aromatic rings. The van der Waals surface area contributed by atoms with E-state index in [4.69, 9.17) is 0 Å². The number of hydrogen-bond donors (Lipinski definition) is 0. The third-order valence-electron chi connectivity index (χ3n) is 8.21. The summed E-state index contributed by atoms with van der Waals surface area (Å²) in [5, 5.41) is 0. The van der Waals surface area contributed by atoms with Gasteiger partial charge in [-0.25, -0.2) is 0 Å². The Labute approximate surface area is 210 Å². The Morgan fingerprint density at radius 2 is 1.58 bits per heavy atom. The second-order valence-electron chi connectivity index (χ2n) is 10.5. The maximum atomic E-state index is 14.4. The molecule has 0 aromatic heterocycles. The monoisotopic (exact) mass is 483 g/mol. The molecule has 2 aromatic carbocycles. The van der Waals surface area contributed by atoms with E-state index in [1.54, 1.807) is 9.80 Å². The minimum atomic E-state index is -1.43. The molecule has 3 heterocycles. The quantitative estimate of drug-likeness (QED) is 0.591. The average molecular weight is 484 g/mol. The first-order chi connectivity index (χ1) is 17.4. The van der Waals surface area contributed by atoms with Crippen LogP contribution in [0.4, 0.5) is 0 Å². The number of carbonyl (C=O) groups excluding carboxylic acids is 4. The Balaban J connectivity index is 1.51. The lowest BCUT2D eigenvalue weighted by Crippen LogP contribution is -2.71. The molecule has 0 N–H and O–H groups in total. The van der Waals surface area contributed by atoms with Crippen LogP contribution in [0.15, 0.2) is 66.7 Å². The highest BCUT2D eigenvalue weighted by atomic mass is 16.2. The van der Waals surface area contributed by atoms with E-state index in [0.29, 0.717) is 12.5 Å². The molecular weight excluding hydrogens is 454 g/mol. The van der Waals surface area contributed by atoms with Gasteiger partial charge in [0.2, 0.25) is 23.6 Å². The van der Waals surface area contributed by atoms with Gasteiger partial charge >= 0.3 is 0 Å². The summed E-state index contributed by atoms with van der Waals surface area (Å²) < 4.78 is 0. The molecule has 4 fully saturated rings. The van der Waals surface area contributed by atoms with Crippen LogP contribution in [0.3, 0.4) is 0 Å². The maximum Gasteiger partial charge on any atom is 0.250 e. The second kappa shape index (κ2) is 8.43. The smallest absolute Gasteiger partial charge is 0.250 e. The molecule has 184 valence electrons. The molecule has 3 saturated heterocycles. The van der Waals surface area contributed by atoms with Gasteiger partial charge in [-0.3, -0.25) is 24.1 Å². The van der Waals surface area contributed by atoms with Gasteiger partial charge in [-0.2, -0.15) is 0 Å². The Morgan fingerprint density at radius 3 is 2.25 bits per heavy atom. The van der Waals surface area contributed by atoms with E-state index in [0.717, 1.165) is 28.9 Å². The van der Waals surface area contributed by atoms with Crippen molar-refractivity contribution in [2.24, 2.45) is 17.8 Å². The zero-order chi connectivity index (χ0) is 25.0. The van der Waals surface area contributed by atoms with E-state index in [9.17, 15) is 19.2 Å². The van der Waals surface area contributed by atoms with Crippen LogP contribution in [0, 0.1) is 17.8 Å². The van der Waals surface area contributed by atoms with E-state index in [1.807, 2.05) is 72.8 Å². The summed E-state index contributed by atoms with van der Waals surface area (Å²) >= 11 is 0. The van der Waals surface area contributed by atoms with Crippen LogP contribution >= 0.6 is 0 Å². The number of carbonyl (C=O) groups is 4. The number of rotatable bonds is 6. The summed E-state index contributed by atoms with van der Waals surface area (Å²) in [7, 11) is 1.48. The molecule has 1 aliphatic carbocycles. The van der Waals surface area contributed by atoms with Gasteiger partial charge in [0.25, 0.3) is 0 Å². The normalized spacial score (nSPS) is 29.9. The molecule has 0 unspecified atom stereocenters. The van der Waals surface area contributed by atoms with Crippen molar-refractivity contribution >= 4 is 29.7 Å². The Hall–Kier alpha value is -3.74. The topological polar surface area (TPSA) is 78.0 Å². The molecule has 4 amide bonds. The van der Waals surface area contributed by atoms with Gasteiger partial charge in [0.05, 0.1) is 24.4 Å². The van der Waals surface area contributed by atoms with Gasteiger partial charge in [-0.05, 0) is 29.9 Å². The molecule has 4 atom stereocenters. The molecule has 1 saturated carbocycles. The van der Waals surface area contributed by atoms with Gasteiger partial charge in [-0.1, -0.05) is 72.8 Å². The van der Waals surface area contributed by atoms with Crippen molar-refractivity contribution in [2.75, 3.05) is 20.1 Å². The third kappa shape index (κ3) is 3.40. The highest BCUT2D eigenvalue weighted by molar-refractivity contribution is 6.13. The van der Waals surface area contributed by atoms with Crippen LogP contribution in [0.1, 0.15) is 24.0 Å². The molecule has 36 heavy (non-hydrogen) atoms. The van der Waals surface area contributed by atoms with Crippen molar-refractivity contribution < 1.29 is 19.2 Å². The number of benzene rings is 2. The molecular formula is C29H29N3O4. The lowest BCUT2D eigenvalue weighted by atomic mass is 9.74. The fraction of sp³-hybridized carbons (Fsp3) is 0.379. The predicted octanol–water partition coefficient (Wildman–Crippen LogP) is 2.38. The highest BCUT2D eigenvalue weighted by Gasteiger charge is 2.73. The van der Waals surface area contributed by atoms with Crippen molar-refractivity contribution in [3.8, 4) is 0 Å². The molecule has 3 aliphatic heterocycles. The average Bonchev–Trinajstić information content (AvgIpc) is 3.62. The number of imide groups is 1. The predicted molar refractivity (Wildman–Crippen MR) is 133 cm³/mol. The molecule has 6 rings (SSSR count). The summed E-state index contributed by atoms with van der Waals surface area (Å²) in [6.07, 6.45) is 6.00. The summed E-state index contributed by atoms with van der Waals surface area (Å²) in [4.78, 5) is 59.7. The molecule has 0 radical (unpaired) electrons. The zero-order valence-corrected chi connectivity index (χ0v) is 20.2. The van der Waals surface area contributed by atoms with Crippen LogP contribution in [0.5, 0.6) is 0 Å². The zero-order valence-electron chi connectivity index (χ0n) is 20.2. The molecule has 0 spiro atoms. The number of nitrogens with zero attached hydrogens (tertiary/aromatic N) is 3. The van der Waals surface area contributed by atoms with Crippen LogP contribution in [0.25, 0.3) is 6.08 Å². The van der Waals surface area contributed by atoms with E-state index < -0.39 is 23.4 Å². The standard InChI is InChI=1S/C29H29N3O4/c1-30-26(34)24-22(15-14-19-8-4-2-5-9-19)32-23(33)18-31(17-21-12-13-21)28(36)29(32,25(24)27(30)35)16-20-10-6-3-7-11-20/h2-11,14-15,21-22,24-25H,12-13,16-18H2,1H3/b15-14+/t22-,24+,25-,29-/m1/s1. The summed E-state index contributed by atoms with van der Waals surface area (Å²) in [6.45, 7) is 0.508. The number of fused-ring (bicyclic) bond motifs is 3. The summed E-state index contributed by atoms with van der Waals surface area (Å²) in [5.41, 5.74) is 0.350. The van der Waals surface area contributed by atoms with Gasteiger partial charge in [0, 0.05) is 20.0 Å². The second-order valence-corrected chi connectivity index (χ2v) is 10.5. The van der Waals surface area contributed by atoms with Crippen molar-refractivity contribution in [1.29, 1.82) is 0 Å². The summed E-state index contributed by atoms with van der Waals surface area (Å²) in [6, 6.07) is 18.5. The lowest BCUT2D eigenvalue weighted by molar-refractivity contribution is -0.168. The number of hydrogen-bond acceptors (Lipinski definition) is 4.